The molecule has 1 N–H and O–H groups in total. The van der Waals surface area contributed by atoms with Crippen molar-refractivity contribution in [2.45, 2.75) is 32.0 Å². The van der Waals surface area contributed by atoms with E-state index in [9.17, 15) is 18.0 Å². The second-order valence-electron chi connectivity index (χ2n) is 3.52. The van der Waals surface area contributed by atoms with Crippen molar-refractivity contribution >= 4 is 5.97 Å². The predicted molar refractivity (Wildman–Crippen MR) is 47.2 cm³/mol. The van der Waals surface area contributed by atoms with Gasteiger partial charge in [-0.05, 0) is 26.3 Å². The van der Waals surface area contributed by atoms with Gasteiger partial charge in [0.1, 0.15) is 6.04 Å². The van der Waals surface area contributed by atoms with Gasteiger partial charge >= 0.3 is 12.1 Å². The van der Waals surface area contributed by atoms with Crippen molar-refractivity contribution in [2.75, 3.05) is 13.2 Å². The lowest BCUT2D eigenvalue weighted by atomic mass is 9.92. The fourth-order valence-corrected chi connectivity index (χ4v) is 1.64. The Kier molecular flexibility index (Phi) is 3.96. The van der Waals surface area contributed by atoms with E-state index in [1.807, 2.05) is 0 Å². The number of rotatable bonds is 2. The molecule has 1 aliphatic rings. The number of esters is 1. The average Bonchev–Trinajstić information content (AvgIpc) is 2.17. The molecule has 15 heavy (non-hydrogen) atoms. The van der Waals surface area contributed by atoms with Gasteiger partial charge in [-0.2, -0.15) is 13.2 Å². The van der Waals surface area contributed by atoms with Gasteiger partial charge in [0.15, 0.2) is 0 Å². The molecule has 0 unspecified atom stereocenters. The highest BCUT2D eigenvalue weighted by Crippen LogP contribution is 2.29. The van der Waals surface area contributed by atoms with Crippen LogP contribution in [0.5, 0.6) is 0 Å². The van der Waals surface area contributed by atoms with Crippen LogP contribution in [-0.4, -0.2) is 31.3 Å². The summed E-state index contributed by atoms with van der Waals surface area (Å²) in [4.78, 5) is 11.3. The van der Waals surface area contributed by atoms with Gasteiger partial charge in [-0.25, -0.2) is 0 Å². The maximum absolute atomic E-state index is 12.3. The minimum absolute atomic E-state index is 0.202. The van der Waals surface area contributed by atoms with Crippen molar-refractivity contribution in [3.05, 3.63) is 0 Å². The Bertz CT molecular complexity index is 230. The van der Waals surface area contributed by atoms with E-state index in [0.717, 1.165) is 0 Å². The van der Waals surface area contributed by atoms with Crippen LogP contribution in [0, 0.1) is 5.92 Å². The minimum Gasteiger partial charge on any atom is -0.466 e. The molecule has 1 fully saturated rings. The molecular weight excluding hydrogens is 211 g/mol. The summed E-state index contributed by atoms with van der Waals surface area (Å²) in [5.41, 5.74) is 0. The molecule has 0 spiro atoms. The number of hydrogen-bond acceptors (Lipinski definition) is 3. The van der Waals surface area contributed by atoms with Crippen LogP contribution in [0.2, 0.25) is 0 Å². The topological polar surface area (TPSA) is 38.3 Å². The molecule has 0 aromatic rings. The first kappa shape index (κ1) is 12.3. The SMILES string of the molecule is CCOC(=O)[C@@H]1CCN[C@H](C(F)(F)F)C1. The third-order valence-electron chi connectivity index (χ3n) is 2.42. The number of carbonyl (C=O) groups is 1. The van der Waals surface area contributed by atoms with Gasteiger partial charge in [0, 0.05) is 0 Å². The summed E-state index contributed by atoms with van der Waals surface area (Å²) >= 11 is 0. The normalized spacial score (nSPS) is 27.5. The summed E-state index contributed by atoms with van der Waals surface area (Å²) in [6.07, 6.45) is -4.10. The van der Waals surface area contributed by atoms with Crippen molar-refractivity contribution in [1.82, 2.24) is 5.32 Å². The van der Waals surface area contributed by atoms with E-state index in [2.05, 4.69) is 5.32 Å². The summed E-state index contributed by atoms with van der Waals surface area (Å²) in [5.74, 6) is -1.15. The van der Waals surface area contributed by atoms with Crippen LogP contribution in [0.1, 0.15) is 19.8 Å². The molecule has 88 valence electrons. The lowest BCUT2D eigenvalue weighted by molar-refractivity contribution is -0.170. The minimum atomic E-state index is -4.29. The van der Waals surface area contributed by atoms with Gasteiger partial charge in [-0.1, -0.05) is 0 Å². The molecule has 0 saturated carbocycles. The summed E-state index contributed by atoms with van der Waals surface area (Å²) < 4.78 is 41.8. The van der Waals surface area contributed by atoms with Crippen molar-refractivity contribution in [1.29, 1.82) is 0 Å². The van der Waals surface area contributed by atoms with Crippen LogP contribution >= 0.6 is 0 Å². The largest absolute Gasteiger partial charge is 0.466 e. The molecule has 1 rings (SSSR count). The van der Waals surface area contributed by atoms with Crippen molar-refractivity contribution < 1.29 is 22.7 Å². The molecule has 6 heteroatoms. The second-order valence-corrected chi connectivity index (χ2v) is 3.52. The van der Waals surface area contributed by atoms with Gasteiger partial charge < -0.3 is 10.1 Å². The predicted octanol–water partition coefficient (Wildman–Crippen LogP) is 1.48. The lowest BCUT2D eigenvalue weighted by Gasteiger charge is -2.30. The highest BCUT2D eigenvalue weighted by molar-refractivity contribution is 5.72. The molecule has 0 radical (unpaired) electrons. The summed E-state index contributed by atoms with van der Waals surface area (Å²) in [6, 6.07) is -1.58. The van der Waals surface area contributed by atoms with Gasteiger partial charge in [-0.15, -0.1) is 0 Å². The van der Waals surface area contributed by atoms with Gasteiger partial charge in [0.05, 0.1) is 12.5 Å². The van der Waals surface area contributed by atoms with Crippen LogP contribution in [0.15, 0.2) is 0 Å². The number of carbonyl (C=O) groups excluding carboxylic acids is 1. The summed E-state index contributed by atoms with van der Waals surface area (Å²) in [7, 11) is 0. The third-order valence-corrected chi connectivity index (χ3v) is 2.42. The Morgan fingerprint density at radius 3 is 2.73 bits per heavy atom. The Morgan fingerprint density at radius 1 is 1.53 bits per heavy atom. The summed E-state index contributed by atoms with van der Waals surface area (Å²) in [5, 5.41) is 2.35. The van der Waals surface area contributed by atoms with Crippen LogP contribution in [0.25, 0.3) is 0 Å². The molecule has 0 bridgehead atoms. The monoisotopic (exact) mass is 225 g/mol. The van der Waals surface area contributed by atoms with Crippen LogP contribution in [-0.2, 0) is 9.53 Å². The molecule has 0 aromatic carbocycles. The van der Waals surface area contributed by atoms with E-state index in [0.29, 0.717) is 6.42 Å². The lowest BCUT2D eigenvalue weighted by Crippen LogP contribution is -2.49. The van der Waals surface area contributed by atoms with Crippen LogP contribution < -0.4 is 5.32 Å². The zero-order valence-electron chi connectivity index (χ0n) is 8.43. The molecule has 3 nitrogen and oxygen atoms in total. The number of nitrogens with one attached hydrogen (secondary N) is 1. The Morgan fingerprint density at radius 2 is 2.20 bits per heavy atom. The first-order valence-electron chi connectivity index (χ1n) is 4.92. The second kappa shape index (κ2) is 4.83. The fourth-order valence-electron chi connectivity index (χ4n) is 1.64. The van der Waals surface area contributed by atoms with E-state index in [1.54, 1.807) is 6.92 Å². The molecule has 0 amide bonds. The summed E-state index contributed by atoms with van der Waals surface area (Å²) in [6.45, 7) is 2.05. The van der Waals surface area contributed by atoms with Crippen LogP contribution in [0.3, 0.4) is 0 Å². The highest BCUT2D eigenvalue weighted by Gasteiger charge is 2.43. The number of ether oxygens (including phenoxy) is 1. The maximum atomic E-state index is 12.3. The molecule has 1 aliphatic heterocycles. The first-order valence-corrected chi connectivity index (χ1v) is 4.92. The fraction of sp³-hybridized carbons (Fsp3) is 0.889. The first-order chi connectivity index (χ1) is 6.95. The van der Waals surface area contributed by atoms with Crippen molar-refractivity contribution in [2.24, 2.45) is 5.92 Å². The zero-order chi connectivity index (χ0) is 11.5. The molecule has 0 aliphatic carbocycles. The number of hydrogen-bond donors (Lipinski definition) is 1. The number of piperidine rings is 1. The number of halogens is 3. The third kappa shape index (κ3) is 3.37. The zero-order valence-corrected chi connectivity index (χ0v) is 8.43. The van der Waals surface area contributed by atoms with E-state index in [1.165, 1.54) is 0 Å². The van der Waals surface area contributed by atoms with Gasteiger partial charge in [0.2, 0.25) is 0 Å². The molecular formula is C9H14F3NO2. The quantitative estimate of drug-likeness (QED) is 0.723. The van der Waals surface area contributed by atoms with Gasteiger partial charge in [0.25, 0.3) is 0 Å². The van der Waals surface area contributed by atoms with E-state index in [-0.39, 0.29) is 19.6 Å². The van der Waals surface area contributed by atoms with Crippen LogP contribution in [0.4, 0.5) is 13.2 Å². The number of alkyl halides is 3. The molecule has 1 heterocycles. The van der Waals surface area contributed by atoms with E-state index < -0.39 is 24.1 Å². The van der Waals surface area contributed by atoms with Crippen molar-refractivity contribution in [3.63, 3.8) is 0 Å². The average molecular weight is 225 g/mol. The molecule has 0 aromatic heterocycles. The van der Waals surface area contributed by atoms with Crippen molar-refractivity contribution in [3.8, 4) is 0 Å². The Hall–Kier alpha value is -0.780. The maximum Gasteiger partial charge on any atom is 0.403 e. The molecule has 1 saturated heterocycles. The van der Waals surface area contributed by atoms with E-state index >= 15 is 0 Å². The standard InChI is InChI=1S/C9H14F3NO2/c1-2-15-8(14)6-3-4-13-7(5-6)9(10,11)12/h6-7,13H,2-5H2,1H3/t6-,7+/m1/s1. The highest BCUT2D eigenvalue weighted by atomic mass is 19.4. The smallest absolute Gasteiger partial charge is 0.403 e. The van der Waals surface area contributed by atoms with Gasteiger partial charge in [-0.3, -0.25) is 4.79 Å². The van der Waals surface area contributed by atoms with E-state index in [4.69, 9.17) is 4.74 Å². The molecule has 2 atom stereocenters. The Balaban J connectivity index is 2.52. The Labute approximate surface area is 86.0 Å².